The number of likely N-dealkylation sites (tertiary alicyclic amines) is 1. The summed E-state index contributed by atoms with van der Waals surface area (Å²) >= 11 is 5.76. The number of nitro groups is 1. The lowest BCUT2D eigenvalue weighted by Gasteiger charge is -2.35. The second kappa shape index (κ2) is 8.93. The first kappa shape index (κ1) is 20.1. The molecule has 10 heteroatoms. The van der Waals surface area contributed by atoms with Crippen LogP contribution in [0.25, 0.3) is 0 Å². The number of halogens is 1. The van der Waals surface area contributed by atoms with Crippen LogP contribution in [0.15, 0.2) is 18.2 Å². The summed E-state index contributed by atoms with van der Waals surface area (Å²) in [5.41, 5.74) is -0.139. The van der Waals surface area contributed by atoms with E-state index in [4.69, 9.17) is 16.7 Å². The molecule has 0 unspecified atom stereocenters. The van der Waals surface area contributed by atoms with Crippen LogP contribution in [0.4, 0.5) is 11.4 Å². The zero-order valence-corrected chi connectivity index (χ0v) is 15.1. The number of carboxylic acids is 1. The van der Waals surface area contributed by atoms with Crippen molar-refractivity contribution >= 4 is 34.9 Å². The Kier molecular flexibility index (Phi) is 6.90. The van der Waals surface area contributed by atoms with Crippen LogP contribution < -0.4 is 5.32 Å². The molecule has 1 aliphatic rings. The number of rotatable bonds is 7. The number of nitrogens with one attached hydrogen (secondary N) is 1. The number of benzene rings is 1. The number of carbonyl (C=O) groups excluding carboxylic acids is 1. The topological polar surface area (TPSA) is 116 Å². The average molecular weight is 385 g/mol. The zero-order chi connectivity index (χ0) is 19.3. The van der Waals surface area contributed by atoms with Crippen molar-refractivity contribution in [2.24, 2.45) is 0 Å². The van der Waals surface area contributed by atoms with Crippen molar-refractivity contribution in [1.29, 1.82) is 0 Å². The number of hydrogen-bond donors (Lipinski definition) is 2. The van der Waals surface area contributed by atoms with Crippen LogP contribution in [-0.4, -0.2) is 71.0 Å². The van der Waals surface area contributed by atoms with E-state index in [9.17, 15) is 19.7 Å². The van der Waals surface area contributed by atoms with E-state index in [2.05, 4.69) is 5.32 Å². The summed E-state index contributed by atoms with van der Waals surface area (Å²) < 4.78 is 0. The number of carbonyl (C=O) groups is 2. The highest BCUT2D eigenvalue weighted by Crippen LogP contribution is 2.27. The van der Waals surface area contributed by atoms with Gasteiger partial charge in [-0.1, -0.05) is 11.6 Å². The summed E-state index contributed by atoms with van der Waals surface area (Å²) in [7, 11) is 1.78. The molecule has 142 valence electrons. The van der Waals surface area contributed by atoms with Crippen LogP contribution in [0.3, 0.4) is 0 Å². The Morgan fingerprint density at radius 3 is 2.65 bits per heavy atom. The van der Waals surface area contributed by atoms with Gasteiger partial charge in [0.15, 0.2) is 0 Å². The molecular weight excluding hydrogens is 364 g/mol. The molecule has 1 aromatic carbocycles. The number of amides is 1. The molecule has 26 heavy (non-hydrogen) atoms. The molecule has 1 aromatic rings. The molecule has 1 heterocycles. The third-order valence-electron chi connectivity index (χ3n) is 4.36. The normalized spacial score (nSPS) is 15.8. The fourth-order valence-electron chi connectivity index (χ4n) is 3.02. The van der Waals surface area contributed by atoms with Crippen molar-refractivity contribution in [3.8, 4) is 0 Å². The first-order valence-corrected chi connectivity index (χ1v) is 8.52. The summed E-state index contributed by atoms with van der Waals surface area (Å²) in [6.45, 7) is 1.43. The number of carboxylic acid groups (broad SMARTS) is 1. The van der Waals surface area contributed by atoms with Gasteiger partial charge in [-0.25, -0.2) is 0 Å². The summed E-state index contributed by atoms with van der Waals surface area (Å²) in [5, 5.41) is 22.7. The summed E-state index contributed by atoms with van der Waals surface area (Å²) in [5.74, 6) is -1.20. The number of aliphatic carboxylic acids is 1. The van der Waals surface area contributed by atoms with E-state index >= 15 is 0 Å². The molecular formula is C16H21ClN4O5. The van der Waals surface area contributed by atoms with Gasteiger partial charge in [-0.15, -0.1) is 0 Å². The Balaban J connectivity index is 1.86. The quantitative estimate of drug-likeness (QED) is 0.542. The van der Waals surface area contributed by atoms with E-state index in [0.29, 0.717) is 13.1 Å². The predicted molar refractivity (Wildman–Crippen MR) is 96.5 cm³/mol. The van der Waals surface area contributed by atoms with Crippen LogP contribution >= 0.6 is 11.6 Å². The lowest BCUT2D eigenvalue weighted by Crippen LogP contribution is -2.46. The molecule has 0 bridgehead atoms. The van der Waals surface area contributed by atoms with Gasteiger partial charge in [0.1, 0.15) is 5.69 Å². The monoisotopic (exact) mass is 384 g/mol. The van der Waals surface area contributed by atoms with Gasteiger partial charge in [0.05, 0.1) is 18.0 Å². The van der Waals surface area contributed by atoms with Gasteiger partial charge >= 0.3 is 5.97 Å². The number of likely N-dealkylation sites (N-methyl/N-ethyl adjacent to an activating group) is 1. The SMILES string of the molecule is CN(CC(=O)O)C1CCN(CC(=O)Nc2ccc(Cl)cc2[N+](=O)[O-])CC1. The van der Waals surface area contributed by atoms with Crippen molar-refractivity contribution in [2.45, 2.75) is 18.9 Å². The molecule has 2 rings (SSSR count). The standard InChI is InChI=1S/C16H21ClN4O5/c1-19(10-16(23)24)12-4-6-20(7-5-12)9-15(22)18-13-3-2-11(17)8-14(13)21(25)26/h2-3,8,12H,4-7,9-10H2,1H3,(H,18,22)(H,23,24). The maximum Gasteiger partial charge on any atom is 0.317 e. The van der Waals surface area contributed by atoms with Gasteiger partial charge in [-0.2, -0.15) is 0 Å². The van der Waals surface area contributed by atoms with Crippen molar-refractivity contribution in [1.82, 2.24) is 9.80 Å². The third-order valence-corrected chi connectivity index (χ3v) is 4.60. The zero-order valence-electron chi connectivity index (χ0n) is 14.4. The van der Waals surface area contributed by atoms with E-state index in [1.165, 1.54) is 18.2 Å². The molecule has 0 atom stereocenters. The van der Waals surface area contributed by atoms with Gasteiger partial charge < -0.3 is 10.4 Å². The predicted octanol–water partition coefficient (Wildman–Crippen LogP) is 1.67. The second-order valence-corrected chi connectivity index (χ2v) is 6.72. The molecule has 0 saturated carbocycles. The number of nitrogens with zero attached hydrogens (tertiary/aromatic N) is 3. The Morgan fingerprint density at radius 2 is 2.08 bits per heavy atom. The Morgan fingerprint density at radius 1 is 1.42 bits per heavy atom. The highest BCUT2D eigenvalue weighted by atomic mass is 35.5. The molecule has 0 aromatic heterocycles. The molecule has 9 nitrogen and oxygen atoms in total. The minimum Gasteiger partial charge on any atom is -0.480 e. The van der Waals surface area contributed by atoms with Gasteiger partial charge in [-0.05, 0) is 32.0 Å². The van der Waals surface area contributed by atoms with E-state index in [-0.39, 0.29) is 41.4 Å². The third kappa shape index (κ3) is 5.65. The maximum atomic E-state index is 12.2. The lowest BCUT2D eigenvalue weighted by molar-refractivity contribution is -0.383. The van der Waals surface area contributed by atoms with E-state index in [0.717, 1.165) is 12.8 Å². The minimum atomic E-state index is -0.862. The van der Waals surface area contributed by atoms with Crippen LogP contribution in [-0.2, 0) is 9.59 Å². The number of piperidine rings is 1. The Bertz CT molecular complexity index is 691. The molecule has 1 amide bonds. The van der Waals surface area contributed by atoms with Crippen LogP contribution in [0.5, 0.6) is 0 Å². The maximum absolute atomic E-state index is 12.2. The second-order valence-electron chi connectivity index (χ2n) is 6.28. The molecule has 0 spiro atoms. The Labute approximate surface area is 155 Å². The van der Waals surface area contributed by atoms with Crippen molar-refractivity contribution in [3.05, 3.63) is 33.3 Å². The molecule has 1 fully saturated rings. The highest BCUT2D eigenvalue weighted by molar-refractivity contribution is 6.31. The van der Waals surface area contributed by atoms with E-state index < -0.39 is 10.9 Å². The van der Waals surface area contributed by atoms with Crippen molar-refractivity contribution in [3.63, 3.8) is 0 Å². The fourth-order valence-corrected chi connectivity index (χ4v) is 3.18. The minimum absolute atomic E-state index is 0.00854. The number of nitro benzene ring substituents is 1. The smallest absolute Gasteiger partial charge is 0.317 e. The number of hydrogen-bond acceptors (Lipinski definition) is 6. The fraction of sp³-hybridized carbons (Fsp3) is 0.500. The summed E-state index contributed by atoms with van der Waals surface area (Å²) in [6, 6.07) is 4.25. The molecule has 1 saturated heterocycles. The van der Waals surface area contributed by atoms with Gasteiger partial charge in [0, 0.05) is 30.2 Å². The van der Waals surface area contributed by atoms with Gasteiger partial charge in [0.25, 0.3) is 5.69 Å². The van der Waals surface area contributed by atoms with Crippen molar-refractivity contribution < 1.29 is 19.6 Å². The summed E-state index contributed by atoms with van der Waals surface area (Å²) in [4.78, 5) is 37.2. The first-order chi connectivity index (χ1) is 12.3. The molecule has 1 aliphatic heterocycles. The van der Waals surface area contributed by atoms with E-state index in [1.54, 1.807) is 11.9 Å². The Hall–Kier alpha value is -2.23. The lowest BCUT2D eigenvalue weighted by atomic mass is 10.0. The molecule has 0 radical (unpaired) electrons. The average Bonchev–Trinajstić information content (AvgIpc) is 2.56. The summed E-state index contributed by atoms with van der Waals surface area (Å²) in [6.07, 6.45) is 1.52. The van der Waals surface area contributed by atoms with E-state index in [1.807, 2.05) is 4.90 Å². The molecule has 0 aliphatic carbocycles. The largest absolute Gasteiger partial charge is 0.480 e. The van der Waals surface area contributed by atoms with Crippen LogP contribution in [0, 0.1) is 10.1 Å². The van der Waals surface area contributed by atoms with Crippen LogP contribution in [0.2, 0.25) is 5.02 Å². The number of anilines is 1. The van der Waals surface area contributed by atoms with Gasteiger partial charge in [0.2, 0.25) is 5.91 Å². The molecule has 2 N–H and O–H groups in total. The van der Waals surface area contributed by atoms with Crippen LogP contribution in [0.1, 0.15) is 12.8 Å². The van der Waals surface area contributed by atoms with Gasteiger partial charge in [-0.3, -0.25) is 29.5 Å². The van der Waals surface area contributed by atoms with Crippen molar-refractivity contribution in [2.75, 3.05) is 38.5 Å². The first-order valence-electron chi connectivity index (χ1n) is 8.14. The highest BCUT2D eigenvalue weighted by Gasteiger charge is 2.25.